The predicted molar refractivity (Wildman–Crippen MR) is 107 cm³/mol. The van der Waals surface area contributed by atoms with Gasteiger partial charge in [0.15, 0.2) is 0 Å². The van der Waals surface area contributed by atoms with Gasteiger partial charge in [-0.2, -0.15) is 0 Å². The summed E-state index contributed by atoms with van der Waals surface area (Å²) in [6.45, 7) is 1.83. The molecule has 3 rings (SSSR count). The molecule has 1 aliphatic heterocycles. The van der Waals surface area contributed by atoms with Crippen molar-refractivity contribution in [1.29, 1.82) is 0 Å². The summed E-state index contributed by atoms with van der Waals surface area (Å²) in [5.41, 5.74) is 0.351. The van der Waals surface area contributed by atoms with Gasteiger partial charge >= 0.3 is 6.03 Å². The fourth-order valence-electron chi connectivity index (χ4n) is 3.41. The normalized spacial score (nSPS) is 18.9. The van der Waals surface area contributed by atoms with Crippen LogP contribution in [0.5, 0.6) is 0 Å². The average Bonchev–Trinajstić information content (AvgIpc) is 2.93. The molecule has 0 bridgehead atoms. The van der Waals surface area contributed by atoms with Gasteiger partial charge in [-0.25, -0.2) is 4.79 Å². The summed E-state index contributed by atoms with van der Waals surface area (Å²) in [5.74, 6) is -0.831. The highest BCUT2D eigenvalue weighted by Crippen LogP contribution is 2.33. The number of nitrogens with one attached hydrogen (secondary N) is 2. The lowest BCUT2D eigenvalue weighted by molar-refractivity contribution is -0.135. The number of nitrogens with zero attached hydrogens (tertiary/aromatic N) is 1. The maximum atomic E-state index is 13.1. The van der Waals surface area contributed by atoms with E-state index < -0.39 is 23.4 Å². The summed E-state index contributed by atoms with van der Waals surface area (Å²) < 4.78 is 0. The van der Waals surface area contributed by atoms with Crippen molar-refractivity contribution in [1.82, 2.24) is 15.5 Å². The van der Waals surface area contributed by atoms with Gasteiger partial charge in [0, 0.05) is 11.6 Å². The molecular formula is C21H22ClN3O3. The predicted octanol–water partition coefficient (Wildman–Crippen LogP) is 3.20. The minimum atomic E-state index is -1.13. The van der Waals surface area contributed by atoms with Gasteiger partial charge in [-0.1, -0.05) is 73.5 Å². The van der Waals surface area contributed by atoms with Crippen molar-refractivity contribution in [3.8, 4) is 0 Å². The smallest absolute Gasteiger partial charge is 0.325 e. The molecule has 0 radical (unpaired) electrons. The third kappa shape index (κ3) is 3.87. The molecule has 1 saturated heterocycles. The van der Waals surface area contributed by atoms with E-state index in [9.17, 15) is 14.4 Å². The molecule has 1 atom stereocenters. The zero-order chi connectivity index (χ0) is 20.1. The zero-order valence-electron chi connectivity index (χ0n) is 15.6. The molecule has 0 aromatic heterocycles. The molecule has 0 spiro atoms. The third-order valence-corrected chi connectivity index (χ3v) is 5.17. The van der Waals surface area contributed by atoms with E-state index in [4.69, 9.17) is 11.6 Å². The first-order valence-corrected chi connectivity index (χ1v) is 9.55. The summed E-state index contributed by atoms with van der Waals surface area (Å²) in [4.78, 5) is 39.0. The molecule has 146 valence electrons. The van der Waals surface area contributed by atoms with Gasteiger partial charge in [0.05, 0.1) is 0 Å². The molecule has 1 aliphatic rings. The molecule has 6 nitrogen and oxygen atoms in total. The van der Waals surface area contributed by atoms with Crippen LogP contribution < -0.4 is 10.6 Å². The molecule has 1 fully saturated rings. The number of benzene rings is 2. The Morgan fingerprint density at radius 1 is 1.11 bits per heavy atom. The second kappa shape index (κ2) is 8.44. The van der Waals surface area contributed by atoms with Crippen LogP contribution in [0.25, 0.3) is 0 Å². The average molecular weight is 400 g/mol. The van der Waals surface area contributed by atoms with E-state index in [0.717, 1.165) is 10.5 Å². The molecule has 0 aliphatic carbocycles. The first kappa shape index (κ1) is 19.9. The maximum absolute atomic E-state index is 13.1. The Morgan fingerprint density at radius 3 is 2.46 bits per heavy atom. The van der Waals surface area contributed by atoms with E-state index in [-0.39, 0.29) is 13.1 Å². The van der Waals surface area contributed by atoms with E-state index in [1.54, 1.807) is 18.2 Å². The van der Waals surface area contributed by atoms with E-state index >= 15 is 0 Å². The molecule has 2 aromatic carbocycles. The fourth-order valence-corrected chi connectivity index (χ4v) is 3.61. The van der Waals surface area contributed by atoms with Crippen LogP contribution in [0.3, 0.4) is 0 Å². The molecule has 2 aromatic rings. The highest BCUT2D eigenvalue weighted by Gasteiger charge is 2.52. The van der Waals surface area contributed by atoms with Gasteiger partial charge in [0.25, 0.3) is 5.91 Å². The molecule has 28 heavy (non-hydrogen) atoms. The van der Waals surface area contributed by atoms with Gasteiger partial charge in [0.2, 0.25) is 5.91 Å². The second-order valence-electron chi connectivity index (χ2n) is 6.71. The number of hydrogen-bond acceptors (Lipinski definition) is 3. The Kier molecular flexibility index (Phi) is 5.99. The Morgan fingerprint density at radius 2 is 1.79 bits per heavy atom. The van der Waals surface area contributed by atoms with Gasteiger partial charge < -0.3 is 10.6 Å². The van der Waals surface area contributed by atoms with E-state index in [0.29, 0.717) is 23.4 Å². The molecule has 0 unspecified atom stereocenters. The quantitative estimate of drug-likeness (QED) is 0.702. The van der Waals surface area contributed by atoms with E-state index in [2.05, 4.69) is 10.6 Å². The van der Waals surface area contributed by atoms with Crippen LogP contribution in [0.2, 0.25) is 5.02 Å². The number of imide groups is 1. The van der Waals surface area contributed by atoms with Gasteiger partial charge in [0.1, 0.15) is 12.1 Å². The molecule has 0 saturated carbocycles. The Bertz CT molecular complexity index is 887. The van der Waals surface area contributed by atoms with Crippen LogP contribution in [0, 0.1) is 0 Å². The summed E-state index contributed by atoms with van der Waals surface area (Å²) in [5, 5.41) is 6.06. The number of carbonyl (C=O) groups excluding carboxylic acids is 3. The Balaban J connectivity index is 1.72. The molecule has 1 heterocycles. The lowest BCUT2D eigenvalue weighted by Gasteiger charge is -2.26. The van der Waals surface area contributed by atoms with Crippen molar-refractivity contribution in [3.63, 3.8) is 0 Å². The number of hydrogen-bond donors (Lipinski definition) is 2. The molecular weight excluding hydrogens is 378 g/mol. The minimum Gasteiger partial charge on any atom is -0.350 e. The number of rotatable bonds is 7. The largest absolute Gasteiger partial charge is 0.350 e. The summed E-state index contributed by atoms with van der Waals surface area (Å²) in [7, 11) is 0. The van der Waals surface area contributed by atoms with Gasteiger partial charge in [-0.05, 0) is 23.6 Å². The minimum absolute atomic E-state index is 0.223. The number of amides is 4. The van der Waals surface area contributed by atoms with E-state index in [1.807, 2.05) is 43.3 Å². The van der Waals surface area contributed by atoms with Crippen LogP contribution >= 0.6 is 11.6 Å². The standard InChI is InChI=1S/C21H22ClN3O3/c1-2-12-21(16-9-4-3-5-10-16)19(27)25(20(28)24-21)14-18(26)23-13-15-8-6-7-11-17(15)22/h3-11H,2,12-14H2,1H3,(H,23,26)(H,24,28)/t21-/m1/s1. The summed E-state index contributed by atoms with van der Waals surface area (Å²) in [6.07, 6.45) is 1.16. The molecule has 7 heteroatoms. The second-order valence-corrected chi connectivity index (χ2v) is 7.12. The Labute approximate surface area is 168 Å². The number of carbonyl (C=O) groups is 3. The van der Waals surface area contributed by atoms with Crippen molar-refractivity contribution < 1.29 is 14.4 Å². The van der Waals surface area contributed by atoms with Crippen LogP contribution in [0.4, 0.5) is 4.79 Å². The third-order valence-electron chi connectivity index (χ3n) is 4.80. The molecule has 4 amide bonds. The first-order valence-electron chi connectivity index (χ1n) is 9.17. The van der Waals surface area contributed by atoms with Crippen LogP contribution in [0.15, 0.2) is 54.6 Å². The Hall–Kier alpha value is -2.86. The molecule has 2 N–H and O–H groups in total. The van der Waals surface area contributed by atoms with Crippen LogP contribution in [0.1, 0.15) is 30.9 Å². The number of urea groups is 1. The SMILES string of the molecule is CCC[C@]1(c2ccccc2)NC(=O)N(CC(=O)NCc2ccccc2Cl)C1=O. The fraction of sp³-hybridized carbons (Fsp3) is 0.286. The topological polar surface area (TPSA) is 78.5 Å². The van der Waals surface area contributed by atoms with Crippen LogP contribution in [-0.4, -0.2) is 29.3 Å². The highest BCUT2D eigenvalue weighted by atomic mass is 35.5. The number of halogens is 1. The van der Waals surface area contributed by atoms with Crippen LogP contribution in [-0.2, 0) is 21.7 Å². The maximum Gasteiger partial charge on any atom is 0.325 e. The van der Waals surface area contributed by atoms with Gasteiger partial charge in [-0.15, -0.1) is 0 Å². The van der Waals surface area contributed by atoms with Crippen molar-refractivity contribution >= 4 is 29.4 Å². The van der Waals surface area contributed by atoms with Crippen molar-refractivity contribution in [3.05, 3.63) is 70.7 Å². The van der Waals surface area contributed by atoms with Gasteiger partial charge in [-0.3, -0.25) is 14.5 Å². The summed E-state index contributed by atoms with van der Waals surface area (Å²) >= 11 is 6.08. The summed E-state index contributed by atoms with van der Waals surface area (Å²) in [6, 6.07) is 15.7. The lowest BCUT2D eigenvalue weighted by atomic mass is 9.85. The zero-order valence-corrected chi connectivity index (χ0v) is 16.3. The van der Waals surface area contributed by atoms with E-state index in [1.165, 1.54) is 0 Å². The van der Waals surface area contributed by atoms with Crippen molar-refractivity contribution in [2.75, 3.05) is 6.54 Å². The van der Waals surface area contributed by atoms with Crippen molar-refractivity contribution in [2.45, 2.75) is 31.8 Å². The highest BCUT2D eigenvalue weighted by molar-refractivity contribution is 6.31. The lowest BCUT2D eigenvalue weighted by Crippen LogP contribution is -2.45. The van der Waals surface area contributed by atoms with Crippen molar-refractivity contribution in [2.24, 2.45) is 0 Å². The first-order chi connectivity index (χ1) is 13.5. The monoisotopic (exact) mass is 399 g/mol.